The van der Waals surface area contributed by atoms with Crippen molar-refractivity contribution in [1.29, 1.82) is 0 Å². The van der Waals surface area contributed by atoms with Crippen LogP contribution >= 0.6 is 0 Å². The second-order valence-corrected chi connectivity index (χ2v) is 9.65. The summed E-state index contributed by atoms with van der Waals surface area (Å²) in [5.41, 5.74) is 0.313. The first-order chi connectivity index (χ1) is 16.9. The molecule has 188 valence electrons. The molecule has 1 fully saturated rings. The Hall–Kier alpha value is -3.36. The number of nitrogens with zero attached hydrogens (tertiary/aromatic N) is 3. The Morgan fingerprint density at radius 2 is 2.00 bits per heavy atom. The van der Waals surface area contributed by atoms with Crippen LogP contribution in [0.3, 0.4) is 0 Å². The van der Waals surface area contributed by atoms with Crippen LogP contribution in [0.5, 0.6) is 5.75 Å². The summed E-state index contributed by atoms with van der Waals surface area (Å²) in [6.07, 6.45) is 5.85. The van der Waals surface area contributed by atoms with E-state index in [1.165, 1.54) is 10.7 Å². The number of benzene rings is 1. The molecule has 1 atom stereocenters. The number of unbranched alkanes of at least 4 members (excludes halogenated alkanes) is 1. The lowest BCUT2D eigenvalue weighted by Gasteiger charge is -2.43. The number of ether oxygens (including phenoxy) is 1. The number of rotatable bonds is 9. The fourth-order valence-electron chi connectivity index (χ4n) is 4.89. The number of carbonyl (C=O) groups excluding carboxylic acids is 3. The number of carbonyl (C=O) groups is 3. The third kappa shape index (κ3) is 5.18. The van der Waals surface area contributed by atoms with Crippen LogP contribution in [0.1, 0.15) is 78.9 Å². The minimum Gasteiger partial charge on any atom is -0.497 e. The van der Waals surface area contributed by atoms with E-state index >= 15 is 0 Å². The first-order valence-electron chi connectivity index (χ1n) is 12.5. The SMILES string of the molecule is CCCCN1C(=O)c2cc(C(=O)NCc3cccc(OC)c3)nn2C[C@]1(C)C(=O)NC1CCCC1. The van der Waals surface area contributed by atoms with Crippen LogP contribution in [0.4, 0.5) is 0 Å². The highest BCUT2D eigenvalue weighted by atomic mass is 16.5. The molecule has 1 aliphatic carbocycles. The third-order valence-corrected chi connectivity index (χ3v) is 7.03. The molecule has 2 aromatic rings. The summed E-state index contributed by atoms with van der Waals surface area (Å²) >= 11 is 0. The number of aromatic nitrogens is 2. The van der Waals surface area contributed by atoms with E-state index in [-0.39, 0.29) is 36.0 Å². The van der Waals surface area contributed by atoms with Crippen LogP contribution in [0, 0.1) is 0 Å². The maximum absolute atomic E-state index is 13.5. The molecule has 0 unspecified atom stereocenters. The maximum Gasteiger partial charge on any atom is 0.273 e. The van der Waals surface area contributed by atoms with Gasteiger partial charge in [0.25, 0.3) is 11.8 Å². The van der Waals surface area contributed by atoms with E-state index in [2.05, 4.69) is 22.7 Å². The Labute approximate surface area is 206 Å². The van der Waals surface area contributed by atoms with Crippen molar-refractivity contribution < 1.29 is 19.1 Å². The molecule has 1 aliphatic heterocycles. The van der Waals surface area contributed by atoms with Gasteiger partial charge in [-0.3, -0.25) is 19.1 Å². The topological polar surface area (TPSA) is 106 Å². The minimum atomic E-state index is -1.07. The number of nitrogens with one attached hydrogen (secondary N) is 2. The van der Waals surface area contributed by atoms with Gasteiger partial charge >= 0.3 is 0 Å². The molecule has 0 bridgehead atoms. The molecule has 2 N–H and O–H groups in total. The molecule has 0 radical (unpaired) electrons. The van der Waals surface area contributed by atoms with Crippen LogP contribution in [-0.2, 0) is 17.9 Å². The zero-order valence-electron chi connectivity index (χ0n) is 20.8. The molecule has 35 heavy (non-hydrogen) atoms. The molecule has 9 nitrogen and oxygen atoms in total. The smallest absolute Gasteiger partial charge is 0.273 e. The van der Waals surface area contributed by atoms with Gasteiger partial charge < -0.3 is 20.3 Å². The highest BCUT2D eigenvalue weighted by Gasteiger charge is 2.48. The summed E-state index contributed by atoms with van der Waals surface area (Å²) in [7, 11) is 1.59. The van der Waals surface area contributed by atoms with Gasteiger partial charge in [-0.15, -0.1) is 0 Å². The van der Waals surface area contributed by atoms with E-state index in [0.717, 1.165) is 44.1 Å². The largest absolute Gasteiger partial charge is 0.497 e. The Bertz CT molecular complexity index is 1090. The van der Waals surface area contributed by atoms with Gasteiger partial charge in [-0.05, 0) is 43.9 Å². The molecule has 1 saturated carbocycles. The van der Waals surface area contributed by atoms with E-state index in [1.54, 1.807) is 18.9 Å². The summed E-state index contributed by atoms with van der Waals surface area (Å²) in [5, 5.41) is 10.4. The Kier molecular flexibility index (Phi) is 7.42. The van der Waals surface area contributed by atoms with E-state index in [0.29, 0.717) is 24.5 Å². The second kappa shape index (κ2) is 10.5. The van der Waals surface area contributed by atoms with Gasteiger partial charge in [0.05, 0.1) is 13.7 Å². The molecule has 3 amide bonds. The maximum atomic E-state index is 13.5. The van der Waals surface area contributed by atoms with Gasteiger partial charge in [0, 0.05) is 25.2 Å². The monoisotopic (exact) mass is 481 g/mol. The van der Waals surface area contributed by atoms with Crippen molar-refractivity contribution in [3.63, 3.8) is 0 Å². The quantitative estimate of drug-likeness (QED) is 0.573. The predicted molar refractivity (Wildman–Crippen MR) is 131 cm³/mol. The second-order valence-electron chi connectivity index (χ2n) is 9.65. The lowest BCUT2D eigenvalue weighted by Crippen LogP contribution is -2.65. The van der Waals surface area contributed by atoms with Crippen LogP contribution < -0.4 is 15.4 Å². The molecular weight excluding hydrogens is 446 g/mol. The van der Waals surface area contributed by atoms with Crippen LogP contribution in [0.25, 0.3) is 0 Å². The lowest BCUT2D eigenvalue weighted by molar-refractivity contribution is -0.133. The van der Waals surface area contributed by atoms with Gasteiger partial charge in [-0.2, -0.15) is 5.10 Å². The lowest BCUT2D eigenvalue weighted by atomic mass is 9.94. The Balaban J connectivity index is 1.53. The Morgan fingerprint density at radius 3 is 2.71 bits per heavy atom. The normalized spacial score (nSPS) is 20.0. The van der Waals surface area contributed by atoms with Crippen LogP contribution in [-0.4, -0.2) is 57.6 Å². The molecule has 0 spiro atoms. The van der Waals surface area contributed by atoms with Crippen molar-refractivity contribution in [3.8, 4) is 5.75 Å². The van der Waals surface area contributed by atoms with Crippen molar-refractivity contribution in [2.24, 2.45) is 0 Å². The highest BCUT2D eigenvalue weighted by molar-refractivity contribution is 6.01. The molecule has 2 heterocycles. The zero-order chi connectivity index (χ0) is 25.0. The van der Waals surface area contributed by atoms with Gasteiger partial charge in [-0.25, -0.2) is 0 Å². The number of amides is 3. The molecular formula is C26H35N5O4. The van der Waals surface area contributed by atoms with E-state index < -0.39 is 5.54 Å². The standard InChI is InChI=1S/C26H35N5O4/c1-4-5-13-30-24(33)22-15-21(23(32)27-16-18-9-8-12-20(14-18)35-3)29-31(22)17-26(30,2)25(34)28-19-10-6-7-11-19/h8-9,12,14-15,19H,4-7,10-11,13,16-17H2,1-3H3,(H,27,32)(H,28,34)/t26-/m1/s1. The summed E-state index contributed by atoms with van der Waals surface area (Å²) in [4.78, 5) is 41.4. The predicted octanol–water partition coefficient (Wildman–Crippen LogP) is 2.90. The van der Waals surface area contributed by atoms with Gasteiger partial charge in [0.1, 0.15) is 17.0 Å². The Morgan fingerprint density at radius 1 is 1.23 bits per heavy atom. The number of methoxy groups -OCH3 is 1. The van der Waals surface area contributed by atoms with Crippen molar-refractivity contribution in [2.75, 3.05) is 13.7 Å². The number of fused-ring (bicyclic) bond motifs is 1. The summed E-state index contributed by atoms with van der Waals surface area (Å²) in [5.74, 6) is -0.0889. The number of hydrogen-bond donors (Lipinski definition) is 2. The van der Waals surface area contributed by atoms with E-state index in [4.69, 9.17) is 4.74 Å². The van der Waals surface area contributed by atoms with Crippen molar-refractivity contribution in [2.45, 2.75) is 77.0 Å². The van der Waals surface area contributed by atoms with Gasteiger partial charge in [0.2, 0.25) is 5.91 Å². The first kappa shape index (κ1) is 24.8. The molecule has 2 aliphatic rings. The van der Waals surface area contributed by atoms with Crippen LogP contribution in [0.15, 0.2) is 30.3 Å². The van der Waals surface area contributed by atoms with Gasteiger partial charge in [0.15, 0.2) is 5.69 Å². The number of hydrogen-bond acceptors (Lipinski definition) is 5. The molecule has 0 saturated heterocycles. The van der Waals surface area contributed by atoms with Crippen molar-refractivity contribution in [1.82, 2.24) is 25.3 Å². The van der Waals surface area contributed by atoms with Crippen molar-refractivity contribution >= 4 is 17.7 Å². The molecule has 1 aromatic carbocycles. The minimum absolute atomic E-state index is 0.152. The fraction of sp³-hybridized carbons (Fsp3) is 0.538. The van der Waals surface area contributed by atoms with Crippen molar-refractivity contribution in [3.05, 3.63) is 47.3 Å². The third-order valence-electron chi connectivity index (χ3n) is 7.03. The highest BCUT2D eigenvalue weighted by Crippen LogP contribution is 2.29. The fourth-order valence-corrected chi connectivity index (χ4v) is 4.89. The average Bonchev–Trinajstić information content (AvgIpc) is 3.52. The molecule has 1 aromatic heterocycles. The van der Waals surface area contributed by atoms with E-state index in [9.17, 15) is 14.4 Å². The summed E-state index contributed by atoms with van der Waals surface area (Å²) < 4.78 is 6.74. The van der Waals surface area contributed by atoms with Crippen LogP contribution in [0.2, 0.25) is 0 Å². The van der Waals surface area contributed by atoms with Gasteiger partial charge in [-0.1, -0.05) is 38.3 Å². The summed E-state index contributed by atoms with van der Waals surface area (Å²) in [6, 6.07) is 9.11. The molecule has 9 heteroatoms. The average molecular weight is 482 g/mol. The first-order valence-corrected chi connectivity index (χ1v) is 12.5. The zero-order valence-corrected chi connectivity index (χ0v) is 20.8. The molecule has 4 rings (SSSR count). The summed E-state index contributed by atoms with van der Waals surface area (Å²) in [6.45, 7) is 4.85. The van der Waals surface area contributed by atoms with E-state index in [1.807, 2.05) is 24.3 Å².